The van der Waals surface area contributed by atoms with Gasteiger partial charge in [0.25, 0.3) is 0 Å². The Hall–Kier alpha value is -2.36. The molecule has 0 bridgehead atoms. The van der Waals surface area contributed by atoms with Crippen molar-refractivity contribution in [3.8, 4) is 11.5 Å². The van der Waals surface area contributed by atoms with E-state index in [0.29, 0.717) is 17.1 Å². The van der Waals surface area contributed by atoms with Gasteiger partial charge in [-0.05, 0) is 37.6 Å². The van der Waals surface area contributed by atoms with E-state index in [-0.39, 0.29) is 5.84 Å². The van der Waals surface area contributed by atoms with Crippen molar-refractivity contribution in [3.63, 3.8) is 0 Å². The molecule has 1 heterocycles. The molecule has 0 unspecified atom stereocenters. The summed E-state index contributed by atoms with van der Waals surface area (Å²) in [5.41, 5.74) is 8.00. The van der Waals surface area contributed by atoms with Crippen LogP contribution in [0.4, 0.5) is 0 Å². The summed E-state index contributed by atoms with van der Waals surface area (Å²) in [5, 5.41) is 7.56. The fourth-order valence-corrected chi connectivity index (χ4v) is 1.84. The average molecular weight is 255 g/mol. The molecule has 0 atom stereocenters. The lowest BCUT2D eigenvalue weighted by Gasteiger charge is -2.12. The van der Waals surface area contributed by atoms with E-state index in [2.05, 4.69) is 4.98 Å². The number of para-hydroxylation sites is 1. The molecule has 2 rings (SSSR count). The Morgan fingerprint density at radius 1 is 1.21 bits per heavy atom. The number of nitrogens with two attached hydrogens (primary N) is 1. The minimum atomic E-state index is -0.00582. The average Bonchev–Trinajstić information content (AvgIpc) is 2.41. The Bertz CT molecular complexity index is 608. The Labute approximate surface area is 112 Å². The van der Waals surface area contributed by atoms with Crippen LogP contribution in [-0.2, 0) is 6.42 Å². The molecule has 4 heteroatoms. The fraction of sp³-hybridized carbons (Fsp3) is 0.200. The first-order chi connectivity index (χ1) is 9.11. The summed E-state index contributed by atoms with van der Waals surface area (Å²) in [6.45, 7) is 3.98. The number of rotatable bonds is 4. The number of aryl methyl sites for hydroxylation is 2. The minimum absolute atomic E-state index is 0.00582. The molecule has 0 saturated heterocycles. The zero-order valence-electron chi connectivity index (χ0n) is 11.1. The molecule has 0 aliphatic rings. The number of ether oxygens (including phenoxy) is 1. The lowest BCUT2D eigenvalue weighted by Crippen LogP contribution is -2.12. The van der Waals surface area contributed by atoms with Gasteiger partial charge in [-0.15, -0.1) is 0 Å². The van der Waals surface area contributed by atoms with Crippen molar-refractivity contribution < 1.29 is 4.74 Å². The molecule has 0 spiro atoms. The largest absolute Gasteiger partial charge is 0.455 e. The van der Waals surface area contributed by atoms with E-state index in [4.69, 9.17) is 15.9 Å². The zero-order valence-corrected chi connectivity index (χ0v) is 11.1. The summed E-state index contributed by atoms with van der Waals surface area (Å²) in [6, 6.07) is 11.1. The van der Waals surface area contributed by atoms with Crippen molar-refractivity contribution in [3.05, 3.63) is 53.3 Å². The highest BCUT2D eigenvalue weighted by Gasteiger charge is 2.10. The van der Waals surface area contributed by atoms with Gasteiger partial charge in [0.1, 0.15) is 17.3 Å². The normalized spacial score (nSPS) is 10.2. The Morgan fingerprint density at radius 3 is 2.63 bits per heavy atom. The van der Waals surface area contributed by atoms with Crippen molar-refractivity contribution >= 4 is 5.84 Å². The number of nitrogens with zero attached hydrogens (tertiary/aromatic N) is 1. The highest BCUT2D eigenvalue weighted by molar-refractivity contribution is 5.97. The smallest absolute Gasteiger partial charge is 0.148 e. The number of amidine groups is 1. The molecule has 2 aromatic rings. The molecule has 1 aromatic heterocycles. The van der Waals surface area contributed by atoms with Crippen molar-refractivity contribution in [2.24, 2.45) is 5.73 Å². The third-order valence-corrected chi connectivity index (χ3v) is 2.80. The number of benzene rings is 1. The van der Waals surface area contributed by atoms with Crippen molar-refractivity contribution in [1.29, 1.82) is 5.41 Å². The van der Waals surface area contributed by atoms with Crippen LogP contribution >= 0.6 is 0 Å². The second-order valence-corrected chi connectivity index (χ2v) is 4.26. The number of hydrogen-bond acceptors (Lipinski definition) is 3. The summed E-state index contributed by atoms with van der Waals surface area (Å²) >= 11 is 0. The van der Waals surface area contributed by atoms with Crippen LogP contribution in [0, 0.1) is 12.3 Å². The van der Waals surface area contributed by atoms with Crippen LogP contribution in [0.1, 0.15) is 23.9 Å². The first kappa shape index (κ1) is 13.1. The van der Waals surface area contributed by atoms with Crippen LogP contribution in [-0.4, -0.2) is 10.8 Å². The molecular weight excluding hydrogens is 238 g/mol. The van der Waals surface area contributed by atoms with Crippen LogP contribution in [0.15, 0.2) is 36.4 Å². The summed E-state index contributed by atoms with van der Waals surface area (Å²) in [7, 11) is 0. The van der Waals surface area contributed by atoms with Gasteiger partial charge in [-0.2, -0.15) is 0 Å². The van der Waals surface area contributed by atoms with Gasteiger partial charge in [0.05, 0.1) is 11.3 Å². The van der Waals surface area contributed by atoms with Gasteiger partial charge in [0.15, 0.2) is 0 Å². The minimum Gasteiger partial charge on any atom is -0.455 e. The predicted octanol–water partition coefficient (Wildman–Crippen LogP) is 3.03. The maximum atomic E-state index is 7.56. The van der Waals surface area contributed by atoms with E-state index in [9.17, 15) is 0 Å². The fourth-order valence-electron chi connectivity index (χ4n) is 1.84. The summed E-state index contributed by atoms with van der Waals surface area (Å²) in [5.74, 6) is 1.28. The quantitative estimate of drug-likeness (QED) is 0.651. The molecule has 0 saturated carbocycles. The summed E-state index contributed by atoms with van der Waals surface area (Å²) in [4.78, 5) is 4.45. The van der Waals surface area contributed by atoms with Gasteiger partial charge in [-0.1, -0.05) is 19.1 Å². The van der Waals surface area contributed by atoms with E-state index in [1.54, 1.807) is 12.1 Å². The molecule has 0 aliphatic carbocycles. The number of nitrogen functional groups attached to an aromatic ring is 1. The van der Waals surface area contributed by atoms with Gasteiger partial charge >= 0.3 is 0 Å². The maximum absolute atomic E-state index is 7.56. The van der Waals surface area contributed by atoms with Crippen LogP contribution < -0.4 is 10.5 Å². The first-order valence-corrected chi connectivity index (χ1v) is 6.19. The summed E-state index contributed by atoms with van der Waals surface area (Å²) in [6.07, 6.45) is 0.791. The second-order valence-electron chi connectivity index (χ2n) is 4.26. The Morgan fingerprint density at radius 2 is 1.95 bits per heavy atom. The standard InChI is InChI=1S/C15H17N3O/c1-3-12-14(9-8-10(2)18-12)19-13-7-5-4-6-11(13)15(16)17/h4-9H,3H2,1-2H3,(H3,16,17). The molecule has 19 heavy (non-hydrogen) atoms. The molecule has 98 valence electrons. The SMILES string of the molecule is CCc1nc(C)ccc1Oc1ccccc1C(=N)N. The second kappa shape index (κ2) is 5.52. The van der Waals surface area contributed by atoms with Gasteiger partial charge in [0.2, 0.25) is 0 Å². The van der Waals surface area contributed by atoms with Gasteiger partial charge in [0, 0.05) is 5.69 Å². The van der Waals surface area contributed by atoms with E-state index in [1.807, 2.05) is 38.1 Å². The molecule has 1 aromatic carbocycles. The maximum Gasteiger partial charge on any atom is 0.148 e. The molecule has 3 N–H and O–H groups in total. The monoisotopic (exact) mass is 255 g/mol. The highest BCUT2D eigenvalue weighted by atomic mass is 16.5. The molecule has 0 radical (unpaired) electrons. The highest BCUT2D eigenvalue weighted by Crippen LogP contribution is 2.27. The van der Waals surface area contributed by atoms with Gasteiger partial charge in [-0.25, -0.2) is 0 Å². The predicted molar refractivity (Wildman–Crippen MR) is 75.9 cm³/mol. The third kappa shape index (κ3) is 2.91. The Balaban J connectivity index is 2.39. The lowest BCUT2D eigenvalue weighted by atomic mass is 10.2. The molecule has 4 nitrogen and oxygen atoms in total. The molecule has 0 aliphatic heterocycles. The molecular formula is C15H17N3O. The van der Waals surface area contributed by atoms with Gasteiger partial charge in [-0.3, -0.25) is 10.4 Å². The number of pyridine rings is 1. The Kier molecular flexibility index (Phi) is 3.80. The summed E-state index contributed by atoms with van der Waals surface area (Å²) < 4.78 is 5.86. The topological polar surface area (TPSA) is 72.0 Å². The lowest BCUT2D eigenvalue weighted by molar-refractivity contribution is 0.471. The first-order valence-electron chi connectivity index (χ1n) is 6.19. The van der Waals surface area contributed by atoms with Crippen LogP contribution in [0.25, 0.3) is 0 Å². The number of hydrogen-bond donors (Lipinski definition) is 2. The third-order valence-electron chi connectivity index (χ3n) is 2.80. The molecule has 0 amide bonds. The van der Waals surface area contributed by atoms with Crippen molar-refractivity contribution in [2.45, 2.75) is 20.3 Å². The van der Waals surface area contributed by atoms with Crippen LogP contribution in [0.2, 0.25) is 0 Å². The van der Waals surface area contributed by atoms with E-state index in [0.717, 1.165) is 17.8 Å². The van der Waals surface area contributed by atoms with Gasteiger partial charge < -0.3 is 10.5 Å². The molecule has 0 fully saturated rings. The van der Waals surface area contributed by atoms with Crippen LogP contribution in [0.5, 0.6) is 11.5 Å². The zero-order chi connectivity index (χ0) is 13.8. The van der Waals surface area contributed by atoms with Crippen LogP contribution in [0.3, 0.4) is 0 Å². The number of aromatic nitrogens is 1. The van der Waals surface area contributed by atoms with Crippen molar-refractivity contribution in [2.75, 3.05) is 0 Å². The number of nitrogens with one attached hydrogen (secondary N) is 1. The van der Waals surface area contributed by atoms with E-state index < -0.39 is 0 Å². The van der Waals surface area contributed by atoms with E-state index in [1.165, 1.54) is 0 Å². The van der Waals surface area contributed by atoms with Crippen molar-refractivity contribution in [1.82, 2.24) is 4.98 Å². The van der Waals surface area contributed by atoms with E-state index >= 15 is 0 Å².